The van der Waals surface area contributed by atoms with Crippen molar-refractivity contribution in [2.45, 2.75) is 37.6 Å². The fourth-order valence-electron chi connectivity index (χ4n) is 6.43. The van der Waals surface area contributed by atoms with E-state index in [2.05, 4.69) is 15.2 Å². The quantitative estimate of drug-likeness (QED) is 0.306. The van der Waals surface area contributed by atoms with Gasteiger partial charge in [-0.25, -0.2) is 0 Å². The van der Waals surface area contributed by atoms with Crippen LogP contribution in [0.3, 0.4) is 0 Å². The van der Waals surface area contributed by atoms with E-state index in [-0.39, 0.29) is 65.3 Å². The molecule has 13 nitrogen and oxygen atoms in total. The third kappa shape index (κ3) is 6.70. The monoisotopic (exact) mass is 641 g/mol. The second-order valence-electron chi connectivity index (χ2n) is 12.0. The van der Waals surface area contributed by atoms with Crippen LogP contribution < -0.4 is 10.1 Å². The van der Waals surface area contributed by atoms with E-state index in [1.807, 2.05) is 30.3 Å². The summed E-state index contributed by atoms with van der Waals surface area (Å²) in [6.45, 7) is 2.88. The molecule has 0 saturated carbocycles. The fraction of sp³-hybridized carbons (Fsp3) is 0.382. The Bertz CT molecular complexity index is 1680. The number of benzene rings is 2. The Hall–Kier alpha value is -5.17. The topological polar surface area (TPSA) is 166 Å². The van der Waals surface area contributed by atoms with Crippen LogP contribution >= 0.6 is 0 Å². The zero-order valence-corrected chi connectivity index (χ0v) is 25.7. The van der Waals surface area contributed by atoms with Crippen LogP contribution in [0.5, 0.6) is 5.75 Å². The molecule has 47 heavy (non-hydrogen) atoms. The second-order valence-corrected chi connectivity index (χ2v) is 12.0. The van der Waals surface area contributed by atoms with E-state index in [0.29, 0.717) is 52.1 Å². The number of hydrogen-bond acceptors (Lipinski definition) is 10. The maximum Gasteiger partial charge on any atom is 0.266 e. The maximum atomic E-state index is 13.3. The van der Waals surface area contributed by atoms with Crippen LogP contribution in [0.25, 0.3) is 0 Å². The average Bonchev–Trinajstić information content (AvgIpc) is 3.33. The number of piperazine rings is 1. The second kappa shape index (κ2) is 13.7. The molecule has 1 aliphatic carbocycles. The van der Waals surface area contributed by atoms with E-state index in [1.54, 1.807) is 11.0 Å². The lowest BCUT2D eigenvalue weighted by molar-refractivity contribution is -0.136. The van der Waals surface area contributed by atoms with E-state index in [1.165, 1.54) is 18.3 Å². The molecule has 0 bridgehead atoms. The van der Waals surface area contributed by atoms with Crippen LogP contribution in [-0.4, -0.2) is 113 Å². The number of amides is 5. The number of fused-ring (bicyclic) bond motifs is 1. The van der Waals surface area contributed by atoms with Crippen LogP contribution in [0.1, 0.15) is 57.9 Å². The van der Waals surface area contributed by atoms with Crippen LogP contribution in [0.4, 0.5) is 0 Å². The van der Waals surface area contributed by atoms with Gasteiger partial charge in [0.2, 0.25) is 11.8 Å². The first-order chi connectivity index (χ1) is 22.7. The highest BCUT2D eigenvalue weighted by Crippen LogP contribution is 2.34. The summed E-state index contributed by atoms with van der Waals surface area (Å²) in [5, 5.41) is 12.7. The summed E-state index contributed by atoms with van der Waals surface area (Å²) in [5.41, 5.74) is 1.37. The van der Waals surface area contributed by atoms with Gasteiger partial charge in [0.25, 0.3) is 17.7 Å². The first kappa shape index (κ1) is 31.8. The van der Waals surface area contributed by atoms with Gasteiger partial charge >= 0.3 is 0 Å². The summed E-state index contributed by atoms with van der Waals surface area (Å²) in [7, 11) is 0. The van der Waals surface area contributed by atoms with Gasteiger partial charge < -0.3 is 14.7 Å². The minimum atomic E-state index is -1.09. The van der Waals surface area contributed by atoms with Crippen molar-refractivity contribution in [3.05, 3.63) is 76.6 Å². The predicted molar refractivity (Wildman–Crippen MR) is 168 cm³/mol. The minimum Gasteiger partial charge on any atom is -0.511 e. The number of aliphatic imine (C=N–C) groups is 1. The molecule has 0 radical (unpaired) electrons. The summed E-state index contributed by atoms with van der Waals surface area (Å²) in [4.78, 5) is 84.9. The van der Waals surface area contributed by atoms with Gasteiger partial charge in [-0.05, 0) is 30.0 Å². The molecule has 2 atom stereocenters. The molecule has 13 heteroatoms. The SMILES string of the molecule is O=C1CCC(N2C(=O)c3cccc(OCC(=O)N4CCN(CCN=CC5=C(O)CC(c6ccccc6)CC5=O)CC4)c3C2=O)C(=O)N1. The molecule has 2 saturated heterocycles. The number of nitrogens with zero attached hydrogens (tertiary/aromatic N) is 4. The Balaban J connectivity index is 0.964. The first-order valence-electron chi connectivity index (χ1n) is 15.7. The van der Waals surface area contributed by atoms with Gasteiger partial charge in [-0.2, -0.15) is 0 Å². The van der Waals surface area contributed by atoms with Crippen LogP contribution in [0.15, 0.2) is 64.9 Å². The number of aliphatic hydroxyl groups excluding tert-OH is 1. The zero-order valence-electron chi connectivity index (χ0n) is 25.7. The lowest BCUT2D eigenvalue weighted by atomic mass is 9.83. The molecular formula is C34H35N5O8. The Morgan fingerprint density at radius 3 is 2.45 bits per heavy atom. The van der Waals surface area contributed by atoms with Crippen LogP contribution in [0, 0.1) is 0 Å². The number of ketones is 1. The van der Waals surface area contributed by atoms with E-state index in [9.17, 15) is 33.9 Å². The Kier molecular flexibility index (Phi) is 9.25. The van der Waals surface area contributed by atoms with Crippen molar-refractivity contribution < 1.29 is 38.6 Å². The molecule has 6 rings (SSSR count). The molecule has 2 aromatic rings. The highest BCUT2D eigenvalue weighted by molar-refractivity contribution is 6.24. The molecule has 0 spiro atoms. The van der Waals surface area contributed by atoms with Gasteiger partial charge in [0, 0.05) is 58.2 Å². The van der Waals surface area contributed by atoms with Crippen molar-refractivity contribution in [3.63, 3.8) is 0 Å². The summed E-state index contributed by atoms with van der Waals surface area (Å²) in [6.07, 6.45) is 2.26. The van der Waals surface area contributed by atoms with Gasteiger partial charge in [-0.15, -0.1) is 0 Å². The highest BCUT2D eigenvalue weighted by atomic mass is 16.5. The number of carbonyl (C=O) groups is 6. The first-order valence-corrected chi connectivity index (χ1v) is 15.7. The molecule has 2 aromatic carbocycles. The van der Waals surface area contributed by atoms with Crippen molar-refractivity contribution in [1.29, 1.82) is 0 Å². The Labute approximate surface area is 270 Å². The smallest absolute Gasteiger partial charge is 0.266 e. The van der Waals surface area contributed by atoms with E-state index in [4.69, 9.17) is 4.74 Å². The molecule has 2 N–H and O–H groups in total. The number of piperidine rings is 1. The van der Waals surface area contributed by atoms with Gasteiger partial charge in [0.15, 0.2) is 12.4 Å². The number of aliphatic hydroxyl groups is 1. The summed E-state index contributed by atoms with van der Waals surface area (Å²) in [5.74, 6) is -2.79. The summed E-state index contributed by atoms with van der Waals surface area (Å²) < 4.78 is 5.74. The molecule has 244 valence electrons. The predicted octanol–water partition coefficient (Wildman–Crippen LogP) is 1.64. The molecule has 5 amide bonds. The Morgan fingerprint density at radius 1 is 0.957 bits per heavy atom. The molecule has 4 aliphatic rings. The number of allylic oxidation sites excluding steroid dienone is 2. The normalized spacial score (nSPS) is 22.3. The maximum absolute atomic E-state index is 13.3. The molecular weight excluding hydrogens is 606 g/mol. The van der Waals surface area contributed by atoms with Crippen molar-refractivity contribution >= 4 is 41.5 Å². The van der Waals surface area contributed by atoms with E-state index in [0.717, 1.165) is 10.5 Å². The molecule has 3 aliphatic heterocycles. The van der Waals surface area contributed by atoms with Gasteiger partial charge in [-0.1, -0.05) is 36.4 Å². The third-order valence-electron chi connectivity index (χ3n) is 9.03. The third-order valence-corrected chi connectivity index (χ3v) is 9.03. The van der Waals surface area contributed by atoms with E-state index >= 15 is 0 Å². The summed E-state index contributed by atoms with van der Waals surface area (Å²) in [6, 6.07) is 13.1. The number of imide groups is 2. The molecule has 2 fully saturated rings. The van der Waals surface area contributed by atoms with Crippen LogP contribution in [0.2, 0.25) is 0 Å². The fourth-order valence-corrected chi connectivity index (χ4v) is 6.43. The van der Waals surface area contributed by atoms with Gasteiger partial charge in [-0.3, -0.25) is 48.9 Å². The van der Waals surface area contributed by atoms with Gasteiger partial charge in [0.05, 0.1) is 23.2 Å². The number of Topliss-reactive ketones (excluding diaryl/α,β-unsaturated/α-hetero) is 1. The van der Waals surface area contributed by atoms with Crippen molar-refractivity contribution in [3.8, 4) is 5.75 Å². The standard InChI is InChI=1S/C34H35N5O8/c40-26-17-22(21-5-2-1-3-6-21)18-27(41)24(26)19-35-11-12-37-13-15-38(16-14-37)30(43)20-47-28-8-4-7-23-31(28)34(46)39(33(23)45)25-9-10-29(42)36-32(25)44/h1-8,19,22,25,40H,9-18,20H2,(H,36,42,44). The summed E-state index contributed by atoms with van der Waals surface area (Å²) >= 11 is 0. The molecule has 0 aromatic heterocycles. The minimum absolute atomic E-state index is 0.00426. The highest BCUT2D eigenvalue weighted by Gasteiger charge is 2.46. The molecule has 3 heterocycles. The number of ether oxygens (including phenoxy) is 1. The van der Waals surface area contributed by atoms with Crippen molar-refractivity contribution in [1.82, 2.24) is 20.0 Å². The van der Waals surface area contributed by atoms with Gasteiger partial charge in [0.1, 0.15) is 17.6 Å². The number of hydrogen-bond donors (Lipinski definition) is 2. The number of rotatable bonds is 9. The lowest BCUT2D eigenvalue weighted by Crippen LogP contribution is -2.54. The lowest BCUT2D eigenvalue weighted by Gasteiger charge is -2.34. The Morgan fingerprint density at radius 2 is 1.72 bits per heavy atom. The van der Waals surface area contributed by atoms with E-state index < -0.39 is 29.7 Å². The van der Waals surface area contributed by atoms with Crippen LogP contribution in [-0.2, 0) is 19.2 Å². The van der Waals surface area contributed by atoms with Crippen molar-refractivity contribution in [2.75, 3.05) is 45.9 Å². The molecule has 2 unspecified atom stereocenters. The average molecular weight is 642 g/mol. The number of carbonyl (C=O) groups excluding carboxylic acids is 6. The largest absolute Gasteiger partial charge is 0.511 e. The number of nitrogens with one attached hydrogen (secondary N) is 1. The van der Waals surface area contributed by atoms with Crippen molar-refractivity contribution in [2.24, 2.45) is 4.99 Å². The zero-order chi connectivity index (χ0) is 33.1.